The Morgan fingerprint density at radius 1 is 1.22 bits per heavy atom. The van der Waals surface area contributed by atoms with Gasteiger partial charge >= 0.3 is 0 Å². The first-order valence-corrected chi connectivity index (χ1v) is 8.60. The van der Waals surface area contributed by atoms with Crippen LogP contribution in [0, 0.1) is 6.92 Å². The minimum absolute atomic E-state index is 0.0398. The molecule has 0 saturated carbocycles. The lowest BCUT2D eigenvalue weighted by Gasteiger charge is -2.25. The fourth-order valence-electron chi connectivity index (χ4n) is 2.08. The van der Waals surface area contributed by atoms with Gasteiger partial charge in [0, 0.05) is 15.7 Å². The molecular formula is C17H27BrN3O2+. The highest BCUT2D eigenvalue weighted by Crippen LogP contribution is 2.19. The zero-order valence-corrected chi connectivity index (χ0v) is 16.1. The molecule has 1 unspecified atom stereocenters. The third-order valence-corrected chi connectivity index (χ3v) is 4.24. The van der Waals surface area contributed by atoms with E-state index in [0.717, 1.165) is 27.0 Å². The van der Waals surface area contributed by atoms with Crippen molar-refractivity contribution in [3.05, 3.63) is 28.2 Å². The van der Waals surface area contributed by atoms with Crippen molar-refractivity contribution in [3.63, 3.8) is 0 Å². The number of amides is 2. The highest BCUT2D eigenvalue weighted by molar-refractivity contribution is 9.10. The number of rotatable bonds is 7. The maximum Gasteiger partial charge on any atom is 0.279 e. The van der Waals surface area contributed by atoms with E-state index in [1.165, 1.54) is 0 Å². The monoisotopic (exact) mass is 384 g/mol. The first kappa shape index (κ1) is 19.6. The molecule has 0 fully saturated rings. The SMILES string of the molecule is CCC(C)(C)NC(=O)C[NH+](C)CC(=O)Nc1ccc(Br)cc1C. The number of benzene rings is 1. The highest BCUT2D eigenvalue weighted by Gasteiger charge is 2.21. The van der Waals surface area contributed by atoms with Crippen LogP contribution < -0.4 is 15.5 Å². The smallest absolute Gasteiger partial charge is 0.279 e. The normalized spacial score (nSPS) is 12.6. The molecule has 0 aromatic heterocycles. The van der Waals surface area contributed by atoms with Crippen molar-refractivity contribution in [1.82, 2.24) is 5.32 Å². The van der Waals surface area contributed by atoms with Crippen LogP contribution in [0.25, 0.3) is 0 Å². The lowest BCUT2D eigenvalue weighted by molar-refractivity contribution is -0.862. The van der Waals surface area contributed by atoms with E-state index >= 15 is 0 Å². The summed E-state index contributed by atoms with van der Waals surface area (Å²) in [4.78, 5) is 24.9. The molecule has 1 rings (SSSR count). The summed E-state index contributed by atoms with van der Waals surface area (Å²) in [6.45, 7) is 8.47. The average molecular weight is 385 g/mol. The topological polar surface area (TPSA) is 62.6 Å². The van der Waals surface area contributed by atoms with Gasteiger partial charge in [-0.05, 0) is 51.0 Å². The van der Waals surface area contributed by atoms with Crippen molar-refractivity contribution in [1.29, 1.82) is 0 Å². The van der Waals surface area contributed by atoms with E-state index in [1.54, 1.807) is 0 Å². The van der Waals surface area contributed by atoms with Crippen LogP contribution in [0.4, 0.5) is 5.69 Å². The van der Waals surface area contributed by atoms with Crippen LogP contribution in [0.15, 0.2) is 22.7 Å². The molecule has 1 atom stereocenters. The van der Waals surface area contributed by atoms with Crippen LogP contribution in [0.3, 0.4) is 0 Å². The molecule has 0 saturated heterocycles. The van der Waals surface area contributed by atoms with E-state index in [1.807, 2.05) is 52.9 Å². The summed E-state index contributed by atoms with van der Waals surface area (Å²) >= 11 is 3.40. The Balaban J connectivity index is 2.49. The third-order valence-electron chi connectivity index (χ3n) is 3.75. The predicted molar refractivity (Wildman–Crippen MR) is 96.6 cm³/mol. The number of hydrogen-bond donors (Lipinski definition) is 3. The van der Waals surface area contributed by atoms with Gasteiger partial charge in [0.15, 0.2) is 13.1 Å². The number of anilines is 1. The Bertz CT molecular complexity index is 573. The van der Waals surface area contributed by atoms with E-state index < -0.39 is 0 Å². The largest absolute Gasteiger partial charge is 0.346 e. The molecule has 0 heterocycles. The summed E-state index contributed by atoms with van der Waals surface area (Å²) in [6, 6.07) is 5.70. The van der Waals surface area contributed by atoms with Gasteiger partial charge in [-0.15, -0.1) is 0 Å². The average Bonchev–Trinajstić information content (AvgIpc) is 2.40. The van der Waals surface area contributed by atoms with Gasteiger partial charge in [-0.1, -0.05) is 22.9 Å². The van der Waals surface area contributed by atoms with Crippen LogP contribution in [-0.2, 0) is 9.59 Å². The van der Waals surface area contributed by atoms with E-state index in [4.69, 9.17) is 0 Å². The quantitative estimate of drug-likeness (QED) is 0.667. The van der Waals surface area contributed by atoms with Gasteiger partial charge in [-0.25, -0.2) is 0 Å². The second-order valence-corrected chi connectivity index (χ2v) is 7.52. The Kier molecular flexibility index (Phi) is 7.22. The molecule has 6 heteroatoms. The van der Waals surface area contributed by atoms with E-state index in [0.29, 0.717) is 0 Å². The van der Waals surface area contributed by atoms with E-state index in [9.17, 15) is 9.59 Å². The van der Waals surface area contributed by atoms with Gasteiger partial charge in [0.2, 0.25) is 0 Å². The summed E-state index contributed by atoms with van der Waals surface area (Å²) in [5, 5.41) is 5.87. The van der Waals surface area contributed by atoms with Crippen LogP contribution in [0.5, 0.6) is 0 Å². The lowest BCUT2D eigenvalue weighted by atomic mass is 10.0. The number of carbonyl (C=O) groups excluding carboxylic acids is 2. The molecule has 0 aliphatic rings. The maximum absolute atomic E-state index is 12.1. The minimum atomic E-state index is -0.214. The second-order valence-electron chi connectivity index (χ2n) is 6.60. The minimum Gasteiger partial charge on any atom is -0.346 e. The third kappa shape index (κ3) is 7.14. The number of hydrogen-bond acceptors (Lipinski definition) is 2. The van der Waals surface area contributed by atoms with Crippen molar-refractivity contribution in [2.75, 3.05) is 25.5 Å². The number of carbonyl (C=O) groups is 2. The van der Waals surface area contributed by atoms with E-state index in [2.05, 4.69) is 26.6 Å². The number of nitrogens with one attached hydrogen (secondary N) is 3. The molecule has 0 radical (unpaired) electrons. The molecule has 0 bridgehead atoms. The molecule has 5 nitrogen and oxygen atoms in total. The molecule has 3 N–H and O–H groups in total. The molecular weight excluding hydrogens is 358 g/mol. The van der Waals surface area contributed by atoms with Crippen LogP contribution in [-0.4, -0.2) is 37.5 Å². The molecule has 0 spiro atoms. The molecule has 0 aliphatic carbocycles. The first-order valence-electron chi connectivity index (χ1n) is 7.81. The Morgan fingerprint density at radius 3 is 2.39 bits per heavy atom. The molecule has 128 valence electrons. The van der Waals surface area contributed by atoms with Crippen LogP contribution in [0.1, 0.15) is 32.8 Å². The predicted octanol–water partition coefficient (Wildman–Crippen LogP) is 1.52. The summed E-state index contributed by atoms with van der Waals surface area (Å²) in [6.07, 6.45) is 0.862. The molecule has 1 aromatic carbocycles. The van der Waals surface area contributed by atoms with Gasteiger partial charge in [-0.3, -0.25) is 9.59 Å². The molecule has 0 aliphatic heterocycles. The second kappa shape index (κ2) is 8.45. The Hall–Kier alpha value is -1.40. The standard InChI is InChI=1S/C17H26BrN3O2/c1-6-17(3,4)20-16(23)11-21(5)10-15(22)19-14-8-7-13(18)9-12(14)2/h7-9H,6,10-11H2,1-5H3,(H,19,22)(H,20,23)/p+1. The van der Waals surface area contributed by atoms with Crippen molar-refractivity contribution in [2.24, 2.45) is 0 Å². The van der Waals surface area contributed by atoms with Crippen molar-refractivity contribution >= 4 is 33.4 Å². The summed E-state index contributed by atoms with van der Waals surface area (Å²) < 4.78 is 0.978. The van der Waals surface area contributed by atoms with Crippen LogP contribution >= 0.6 is 15.9 Å². The summed E-state index contributed by atoms with van der Waals surface area (Å²) in [7, 11) is 1.84. The fraction of sp³-hybridized carbons (Fsp3) is 0.529. The van der Waals surface area contributed by atoms with E-state index in [-0.39, 0.29) is 30.4 Å². The van der Waals surface area contributed by atoms with Gasteiger partial charge in [0.05, 0.1) is 7.05 Å². The number of aryl methyl sites for hydroxylation is 1. The van der Waals surface area contributed by atoms with Crippen molar-refractivity contribution in [2.45, 2.75) is 39.7 Å². The summed E-state index contributed by atoms with van der Waals surface area (Å²) in [5.74, 6) is -0.141. The maximum atomic E-state index is 12.1. The van der Waals surface area contributed by atoms with Gasteiger partial charge in [-0.2, -0.15) is 0 Å². The van der Waals surface area contributed by atoms with Crippen LogP contribution in [0.2, 0.25) is 0 Å². The Morgan fingerprint density at radius 2 is 1.83 bits per heavy atom. The number of likely N-dealkylation sites (N-methyl/N-ethyl adjacent to an activating group) is 1. The zero-order chi connectivity index (χ0) is 17.6. The molecule has 23 heavy (non-hydrogen) atoms. The van der Waals surface area contributed by atoms with Gasteiger partial charge in [0.1, 0.15) is 0 Å². The van der Waals surface area contributed by atoms with Gasteiger partial charge < -0.3 is 15.5 Å². The van der Waals surface area contributed by atoms with Crippen molar-refractivity contribution < 1.29 is 14.5 Å². The van der Waals surface area contributed by atoms with Crippen molar-refractivity contribution in [3.8, 4) is 0 Å². The first-order chi connectivity index (χ1) is 10.6. The van der Waals surface area contributed by atoms with Gasteiger partial charge in [0.25, 0.3) is 11.8 Å². The molecule has 1 aromatic rings. The highest BCUT2D eigenvalue weighted by atomic mass is 79.9. The summed E-state index contributed by atoms with van der Waals surface area (Å²) in [5.41, 5.74) is 1.57. The number of halogens is 1. The zero-order valence-electron chi connectivity index (χ0n) is 14.5. The Labute approximate surface area is 146 Å². The lowest BCUT2D eigenvalue weighted by Crippen LogP contribution is -3.11. The molecule has 2 amide bonds. The number of quaternary nitrogens is 1. The fourth-order valence-corrected chi connectivity index (χ4v) is 2.56.